The van der Waals surface area contributed by atoms with Gasteiger partial charge in [-0.2, -0.15) is 10.3 Å². The molecule has 0 saturated carbocycles. The fourth-order valence-corrected chi connectivity index (χ4v) is 5.14. The van der Waals surface area contributed by atoms with Crippen LogP contribution in [0.2, 0.25) is 4.34 Å². The minimum absolute atomic E-state index is 0.0741. The molecule has 172 valence electrons. The number of ether oxygens (including phenoxy) is 2. The van der Waals surface area contributed by atoms with Gasteiger partial charge in [-0.15, -0.1) is 11.3 Å². The Morgan fingerprint density at radius 2 is 2.12 bits per heavy atom. The molecule has 2 saturated heterocycles. The van der Waals surface area contributed by atoms with Gasteiger partial charge in [-0.1, -0.05) is 11.6 Å². The Labute approximate surface area is 207 Å². The van der Waals surface area contributed by atoms with E-state index in [1.54, 1.807) is 30.5 Å². The SMILES string of the molecule is N#CN=C1COCCN1c1ccc(NC(=O)C2(NC(=O)c3ccc(Cl)s3)CCOC2)cc1Br. The number of anilines is 2. The lowest BCUT2D eigenvalue weighted by Crippen LogP contribution is -2.57. The second-order valence-corrected chi connectivity index (χ2v) is 9.96. The van der Waals surface area contributed by atoms with Gasteiger partial charge in [0.25, 0.3) is 11.8 Å². The summed E-state index contributed by atoms with van der Waals surface area (Å²) >= 11 is 10.6. The van der Waals surface area contributed by atoms with Crippen LogP contribution in [0.4, 0.5) is 11.4 Å². The van der Waals surface area contributed by atoms with Crippen LogP contribution in [0.1, 0.15) is 16.1 Å². The second kappa shape index (κ2) is 10.2. The average Bonchev–Trinajstić information content (AvgIpc) is 3.45. The number of hydrogen-bond donors (Lipinski definition) is 2. The quantitative estimate of drug-likeness (QED) is 0.549. The van der Waals surface area contributed by atoms with Crippen LogP contribution in [0.15, 0.2) is 39.8 Å². The highest BCUT2D eigenvalue weighted by atomic mass is 79.9. The van der Waals surface area contributed by atoms with Gasteiger partial charge in [0, 0.05) is 29.7 Å². The average molecular weight is 553 g/mol. The maximum absolute atomic E-state index is 13.2. The summed E-state index contributed by atoms with van der Waals surface area (Å²) in [6, 6.07) is 8.59. The normalized spacial score (nSPS) is 21.6. The van der Waals surface area contributed by atoms with Gasteiger partial charge >= 0.3 is 0 Å². The van der Waals surface area contributed by atoms with Crippen LogP contribution in [0.3, 0.4) is 0 Å². The number of nitrogens with zero attached hydrogens (tertiary/aromatic N) is 3. The van der Waals surface area contributed by atoms with Crippen LogP contribution in [-0.4, -0.2) is 56.2 Å². The number of aliphatic imine (C=N–C) groups is 1. The molecule has 2 N–H and O–H groups in total. The Bertz CT molecular complexity index is 1140. The van der Waals surface area contributed by atoms with Crippen molar-refractivity contribution in [3.05, 3.63) is 44.0 Å². The van der Waals surface area contributed by atoms with E-state index in [-0.39, 0.29) is 25.0 Å². The van der Waals surface area contributed by atoms with Crippen LogP contribution in [0.5, 0.6) is 0 Å². The number of carbonyl (C=O) groups is 2. The maximum atomic E-state index is 13.2. The molecule has 2 aliphatic heterocycles. The van der Waals surface area contributed by atoms with Crippen molar-refractivity contribution < 1.29 is 19.1 Å². The van der Waals surface area contributed by atoms with E-state index in [0.29, 0.717) is 51.4 Å². The van der Waals surface area contributed by atoms with Crippen molar-refractivity contribution in [3.63, 3.8) is 0 Å². The van der Waals surface area contributed by atoms with E-state index in [1.165, 1.54) is 0 Å². The van der Waals surface area contributed by atoms with Gasteiger partial charge < -0.3 is 25.0 Å². The van der Waals surface area contributed by atoms with E-state index < -0.39 is 5.54 Å². The number of hydrogen-bond acceptors (Lipinski definition) is 7. The standard InChI is InChI=1S/C21H19BrClN5O4S/c22-14-9-13(1-2-15(14)28-6-8-31-10-18(28)25-12-24)26-20(30)21(5-7-32-11-21)27-19(29)16-3-4-17(23)33-16/h1-4,9H,5-8,10-11H2,(H,26,30)(H,27,29). The largest absolute Gasteiger partial charge is 0.378 e. The highest BCUT2D eigenvalue weighted by Gasteiger charge is 2.44. The zero-order valence-corrected chi connectivity index (χ0v) is 20.4. The molecule has 1 aromatic heterocycles. The predicted octanol–water partition coefficient (Wildman–Crippen LogP) is 3.41. The Hall–Kier alpha value is -2.49. The van der Waals surface area contributed by atoms with Crippen LogP contribution >= 0.6 is 38.9 Å². The van der Waals surface area contributed by atoms with Crippen LogP contribution < -0.4 is 15.5 Å². The Morgan fingerprint density at radius 3 is 2.79 bits per heavy atom. The molecular formula is C21H19BrClN5O4S. The van der Waals surface area contributed by atoms with E-state index in [4.69, 9.17) is 26.3 Å². The summed E-state index contributed by atoms with van der Waals surface area (Å²) in [6.45, 7) is 1.73. The number of rotatable bonds is 5. The Kier molecular flexibility index (Phi) is 7.31. The number of carbonyl (C=O) groups excluding carboxylic acids is 2. The summed E-state index contributed by atoms with van der Waals surface area (Å²) in [5, 5.41) is 14.7. The molecule has 2 aliphatic rings. The van der Waals surface area contributed by atoms with E-state index in [9.17, 15) is 9.59 Å². The maximum Gasteiger partial charge on any atom is 0.262 e. The molecule has 2 amide bonds. The molecule has 2 fully saturated rings. The predicted molar refractivity (Wildman–Crippen MR) is 129 cm³/mol. The minimum Gasteiger partial charge on any atom is -0.378 e. The fraction of sp³-hybridized carbons (Fsp3) is 0.333. The lowest BCUT2D eigenvalue weighted by molar-refractivity contribution is -0.122. The Morgan fingerprint density at radius 1 is 1.27 bits per heavy atom. The molecule has 33 heavy (non-hydrogen) atoms. The second-order valence-electron chi connectivity index (χ2n) is 7.40. The zero-order chi connectivity index (χ0) is 23.4. The van der Waals surface area contributed by atoms with Gasteiger partial charge in [-0.05, 0) is 46.3 Å². The van der Waals surface area contributed by atoms with Crippen molar-refractivity contribution in [1.82, 2.24) is 5.32 Å². The number of amidine groups is 1. The lowest BCUT2D eigenvalue weighted by atomic mass is 9.97. The molecule has 9 nitrogen and oxygen atoms in total. The number of amides is 2. The summed E-state index contributed by atoms with van der Waals surface area (Å²) in [7, 11) is 0. The molecule has 1 atom stereocenters. The molecular weight excluding hydrogens is 534 g/mol. The molecule has 0 aliphatic carbocycles. The van der Waals surface area contributed by atoms with Crippen molar-refractivity contribution in [1.29, 1.82) is 5.26 Å². The number of morpholine rings is 1. The monoisotopic (exact) mass is 551 g/mol. The topological polar surface area (TPSA) is 116 Å². The molecule has 0 spiro atoms. The van der Waals surface area contributed by atoms with Gasteiger partial charge in [-0.3, -0.25) is 9.59 Å². The summed E-state index contributed by atoms with van der Waals surface area (Å²) in [4.78, 5) is 32.1. The fourth-order valence-electron chi connectivity index (χ4n) is 3.61. The molecule has 3 heterocycles. The third-order valence-electron chi connectivity index (χ3n) is 5.28. The first-order valence-corrected chi connectivity index (χ1v) is 12.0. The van der Waals surface area contributed by atoms with E-state index in [0.717, 1.165) is 17.0 Å². The summed E-state index contributed by atoms with van der Waals surface area (Å²) in [6.07, 6.45) is 2.15. The number of thiophene rings is 1. The van der Waals surface area contributed by atoms with Gasteiger partial charge in [0.1, 0.15) is 18.0 Å². The first-order chi connectivity index (χ1) is 15.9. The van der Waals surface area contributed by atoms with E-state index in [1.807, 2.05) is 11.0 Å². The molecule has 1 unspecified atom stereocenters. The van der Waals surface area contributed by atoms with E-state index >= 15 is 0 Å². The Balaban J connectivity index is 1.51. The van der Waals surface area contributed by atoms with E-state index in [2.05, 4.69) is 31.6 Å². The van der Waals surface area contributed by atoms with Crippen molar-refractivity contribution in [2.75, 3.05) is 43.2 Å². The molecule has 0 bridgehead atoms. The van der Waals surface area contributed by atoms with Gasteiger partial charge in [-0.25, -0.2) is 0 Å². The lowest BCUT2D eigenvalue weighted by Gasteiger charge is -2.31. The number of halogens is 2. The zero-order valence-electron chi connectivity index (χ0n) is 17.3. The first-order valence-electron chi connectivity index (χ1n) is 9.99. The summed E-state index contributed by atoms with van der Waals surface area (Å²) in [5.74, 6) is -0.228. The highest BCUT2D eigenvalue weighted by Crippen LogP contribution is 2.32. The number of nitriles is 1. The molecule has 1 aromatic carbocycles. The highest BCUT2D eigenvalue weighted by molar-refractivity contribution is 9.10. The molecule has 0 radical (unpaired) electrons. The molecule has 2 aromatic rings. The smallest absolute Gasteiger partial charge is 0.262 e. The first kappa shape index (κ1) is 23.7. The van der Waals surface area contributed by atoms with Crippen LogP contribution in [0.25, 0.3) is 0 Å². The van der Waals surface area contributed by atoms with Crippen molar-refractivity contribution in [3.8, 4) is 6.19 Å². The van der Waals surface area contributed by atoms with Crippen molar-refractivity contribution in [2.45, 2.75) is 12.0 Å². The number of nitrogens with one attached hydrogen (secondary N) is 2. The summed E-state index contributed by atoms with van der Waals surface area (Å²) < 4.78 is 12.0. The van der Waals surface area contributed by atoms with Crippen LogP contribution in [0, 0.1) is 11.5 Å². The molecule has 12 heteroatoms. The van der Waals surface area contributed by atoms with Gasteiger partial charge in [0.05, 0.1) is 28.1 Å². The van der Waals surface area contributed by atoms with Crippen molar-refractivity contribution in [2.24, 2.45) is 4.99 Å². The van der Waals surface area contributed by atoms with Gasteiger partial charge in [0.2, 0.25) is 6.19 Å². The summed E-state index contributed by atoms with van der Waals surface area (Å²) in [5.41, 5.74) is 0.157. The molecule has 4 rings (SSSR count). The third kappa shape index (κ3) is 5.20. The van der Waals surface area contributed by atoms with Crippen molar-refractivity contribution >= 4 is 67.9 Å². The van der Waals surface area contributed by atoms with Gasteiger partial charge in [0.15, 0.2) is 0 Å². The minimum atomic E-state index is -1.18. The third-order valence-corrected chi connectivity index (χ3v) is 7.15. The van der Waals surface area contributed by atoms with Crippen LogP contribution in [-0.2, 0) is 14.3 Å². The number of benzene rings is 1.